The zero-order valence-corrected chi connectivity index (χ0v) is 15.5. The van der Waals surface area contributed by atoms with Crippen LogP contribution >= 0.6 is 0 Å². The normalized spacial score (nSPS) is 28.8. The van der Waals surface area contributed by atoms with E-state index in [1.165, 1.54) is 4.90 Å². The van der Waals surface area contributed by atoms with Crippen LogP contribution in [0.4, 0.5) is 5.69 Å². The lowest BCUT2D eigenvalue weighted by molar-refractivity contribution is -0.151. The van der Waals surface area contributed by atoms with Gasteiger partial charge in [0.2, 0.25) is 11.8 Å². The SMILES string of the molecule is C/C=C/[C@H]1[C@@H]2C(=O)N(c3ccc(C)cc3)C(=O)[C@@H]2[C@H](C(=O)OCC)N1C. The van der Waals surface area contributed by atoms with Crippen LogP contribution in [0.15, 0.2) is 36.4 Å². The standard InChI is InChI=1S/C20H24N2O4/c1-5-7-14-15-16(17(21(14)4)20(25)26-6-2)19(24)22(18(15)23)13-10-8-12(3)9-11-13/h5,7-11,14-17H,6H2,1-4H3/b7-5+/t14-,15-,16-,17+/m0/s1. The molecule has 6 nitrogen and oxygen atoms in total. The number of amides is 2. The highest BCUT2D eigenvalue weighted by Crippen LogP contribution is 2.44. The number of benzene rings is 1. The molecule has 6 heteroatoms. The number of imide groups is 1. The molecular weight excluding hydrogens is 332 g/mol. The maximum Gasteiger partial charge on any atom is 0.324 e. The Morgan fingerprint density at radius 3 is 2.35 bits per heavy atom. The number of hydrogen-bond acceptors (Lipinski definition) is 5. The van der Waals surface area contributed by atoms with Crippen molar-refractivity contribution in [1.29, 1.82) is 0 Å². The number of hydrogen-bond donors (Lipinski definition) is 0. The van der Waals surface area contributed by atoms with Crippen molar-refractivity contribution in [3.05, 3.63) is 42.0 Å². The number of fused-ring (bicyclic) bond motifs is 1. The highest BCUT2D eigenvalue weighted by atomic mass is 16.5. The molecule has 2 amide bonds. The largest absolute Gasteiger partial charge is 0.465 e. The Morgan fingerprint density at radius 1 is 1.15 bits per heavy atom. The summed E-state index contributed by atoms with van der Waals surface area (Å²) in [4.78, 5) is 41.8. The topological polar surface area (TPSA) is 66.9 Å². The van der Waals surface area contributed by atoms with Gasteiger partial charge in [-0.1, -0.05) is 29.8 Å². The number of aryl methyl sites for hydroxylation is 1. The van der Waals surface area contributed by atoms with Gasteiger partial charge >= 0.3 is 5.97 Å². The van der Waals surface area contributed by atoms with E-state index in [4.69, 9.17) is 4.74 Å². The van der Waals surface area contributed by atoms with Crippen LogP contribution in [0.3, 0.4) is 0 Å². The molecule has 0 bridgehead atoms. The summed E-state index contributed by atoms with van der Waals surface area (Å²) in [6.07, 6.45) is 3.72. The number of rotatable bonds is 4. The molecule has 1 aromatic rings. The molecule has 4 atom stereocenters. The highest BCUT2D eigenvalue weighted by molar-refractivity contribution is 6.23. The van der Waals surface area contributed by atoms with Gasteiger partial charge in [0.05, 0.1) is 24.1 Å². The molecule has 0 N–H and O–H groups in total. The third-order valence-corrected chi connectivity index (χ3v) is 5.23. The first-order valence-electron chi connectivity index (χ1n) is 8.88. The highest BCUT2D eigenvalue weighted by Gasteiger charge is 2.63. The summed E-state index contributed by atoms with van der Waals surface area (Å²) < 4.78 is 5.18. The summed E-state index contributed by atoms with van der Waals surface area (Å²) in [5.41, 5.74) is 1.59. The average molecular weight is 356 g/mol. The molecule has 2 fully saturated rings. The van der Waals surface area contributed by atoms with Crippen molar-refractivity contribution in [3.8, 4) is 0 Å². The van der Waals surface area contributed by atoms with Gasteiger partial charge in [-0.3, -0.25) is 19.3 Å². The maximum absolute atomic E-state index is 13.1. The zero-order chi connectivity index (χ0) is 19.0. The quantitative estimate of drug-likeness (QED) is 0.468. The van der Waals surface area contributed by atoms with Crippen molar-refractivity contribution >= 4 is 23.5 Å². The lowest BCUT2D eigenvalue weighted by Crippen LogP contribution is -2.46. The van der Waals surface area contributed by atoms with E-state index in [-0.39, 0.29) is 24.5 Å². The van der Waals surface area contributed by atoms with Crippen molar-refractivity contribution < 1.29 is 19.1 Å². The predicted octanol–water partition coefficient (Wildman–Crippen LogP) is 1.92. The van der Waals surface area contributed by atoms with Gasteiger partial charge in [-0.25, -0.2) is 4.90 Å². The van der Waals surface area contributed by atoms with Crippen LogP contribution in [0.25, 0.3) is 0 Å². The van der Waals surface area contributed by atoms with Crippen LogP contribution in [0, 0.1) is 18.8 Å². The average Bonchev–Trinajstić information content (AvgIpc) is 3.03. The van der Waals surface area contributed by atoms with Gasteiger partial charge in [-0.05, 0) is 40.0 Å². The number of carbonyl (C=O) groups is 3. The Kier molecular flexibility index (Phi) is 4.96. The smallest absolute Gasteiger partial charge is 0.324 e. The fraction of sp³-hybridized carbons (Fsp3) is 0.450. The van der Waals surface area contributed by atoms with Crippen LogP contribution in [-0.4, -0.2) is 48.4 Å². The second kappa shape index (κ2) is 7.03. The van der Waals surface area contributed by atoms with Crippen molar-refractivity contribution in [1.82, 2.24) is 4.90 Å². The molecule has 26 heavy (non-hydrogen) atoms. The number of anilines is 1. The number of nitrogens with zero attached hydrogens (tertiary/aromatic N) is 2. The molecule has 0 saturated carbocycles. The van der Waals surface area contributed by atoms with Gasteiger partial charge in [-0.15, -0.1) is 0 Å². The third-order valence-electron chi connectivity index (χ3n) is 5.23. The van der Waals surface area contributed by atoms with Crippen molar-refractivity contribution in [3.63, 3.8) is 0 Å². The van der Waals surface area contributed by atoms with Crippen LogP contribution in [0.2, 0.25) is 0 Å². The minimum Gasteiger partial charge on any atom is -0.465 e. The van der Waals surface area contributed by atoms with Crippen LogP contribution in [0.1, 0.15) is 19.4 Å². The molecule has 2 aliphatic heterocycles. The van der Waals surface area contributed by atoms with E-state index in [2.05, 4.69) is 0 Å². The molecule has 1 aromatic carbocycles. The van der Waals surface area contributed by atoms with Crippen molar-refractivity contribution in [2.24, 2.45) is 11.8 Å². The van der Waals surface area contributed by atoms with Gasteiger partial charge in [0.25, 0.3) is 0 Å². The molecular formula is C20H24N2O4. The predicted molar refractivity (Wildman–Crippen MR) is 97.4 cm³/mol. The second-order valence-electron chi connectivity index (χ2n) is 6.78. The van der Waals surface area contributed by atoms with Gasteiger partial charge in [0.1, 0.15) is 6.04 Å². The first-order chi connectivity index (χ1) is 12.4. The van der Waals surface area contributed by atoms with Crippen molar-refractivity contribution in [2.45, 2.75) is 32.9 Å². The van der Waals surface area contributed by atoms with Crippen molar-refractivity contribution in [2.75, 3.05) is 18.6 Å². The Bertz CT molecular complexity index is 756. The number of likely N-dealkylation sites (tertiary alicyclic amines) is 1. The van der Waals surface area contributed by atoms with E-state index in [1.807, 2.05) is 38.1 Å². The zero-order valence-electron chi connectivity index (χ0n) is 15.5. The Balaban J connectivity index is 2.03. The lowest BCUT2D eigenvalue weighted by Gasteiger charge is -2.27. The summed E-state index contributed by atoms with van der Waals surface area (Å²) in [6, 6.07) is 6.18. The van der Waals surface area contributed by atoms with E-state index < -0.39 is 23.8 Å². The monoisotopic (exact) mass is 356 g/mol. The fourth-order valence-corrected chi connectivity index (χ4v) is 4.04. The molecule has 0 aliphatic carbocycles. The van der Waals surface area contributed by atoms with E-state index in [9.17, 15) is 14.4 Å². The Morgan fingerprint density at radius 2 is 1.77 bits per heavy atom. The minimum absolute atomic E-state index is 0.235. The number of carbonyl (C=O) groups excluding carboxylic acids is 3. The summed E-state index contributed by atoms with van der Waals surface area (Å²) in [7, 11) is 1.77. The number of allylic oxidation sites excluding steroid dienone is 1. The molecule has 0 spiro atoms. The maximum atomic E-state index is 13.1. The molecule has 138 valence electrons. The molecule has 2 aliphatic rings. The molecule has 0 aromatic heterocycles. The number of esters is 1. The fourth-order valence-electron chi connectivity index (χ4n) is 4.04. The lowest BCUT2D eigenvalue weighted by atomic mass is 9.89. The Labute approximate surface area is 153 Å². The summed E-state index contributed by atoms with van der Waals surface area (Å²) in [6.45, 7) is 5.77. The molecule has 0 unspecified atom stereocenters. The first kappa shape index (κ1) is 18.3. The van der Waals surface area contributed by atoms with E-state index in [1.54, 1.807) is 31.0 Å². The first-order valence-corrected chi connectivity index (χ1v) is 8.88. The van der Waals surface area contributed by atoms with Crippen LogP contribution in [0.5, 0.6) is 0 Å². The molecule has 2 saturated heterocycles. The van der Waals surface area contributed by atoms with Crippen LogP contribution < -0.4 is 4.90 Å². The summed E-state index contributed by atoms with van der Waals surface area (Å²) in [5, 5.41) is 0. The van der Waals surface area contributed by atoms with Gasteiger partial charge < -0.3 is 4.74 Å². The molecule has 2 heterocycles. The third kappa shape index (κ3) is 2.74. The summed E-state index contributed by atoms with van der Waals surface area (Å²) >= 11 is 0. The number of ether oxygens (including phenoxy) is 1. The second-order valence-corrected chi connectivity index (χ2v) is 6.78. The minimum atomic E-state index is -0.756. The molecule has 3 rings (SSSR count). The van der Waals surface area contributed by atoms with Gasteiger partial charge in [0.15, 0.2) is 0 Å². The van der Waals surface area contributed by atoms with E-state index in [0.717, 1.165) is 5.56 Å². The van der Waals surface area contributed by atoms with E-state index in [0.29, 0.717) is 5.69 Å². The van der Waals surface area contributed by atoms with Crippen LogP contribution in [-0.2, 0) is 19.1 Å². The van der Waals surface area contributed by atoms with Gasteiger partial charge in [0, 0.05) is 6.04 Å². The van der Waals surface area contributed by atoms with E-state index >= 15 is 0 Å². The van der Waals surface area contributed by atoms with Gasteiger partial charge in [-0.2, -0.15) is 0 Å². The Hall–Kier alpha value is -2.47. The molecule has 0 radical (unpaired) electrons. The summed E-state index contributed by atoms with van der Waals surface area (Å²) in [5.74, 6) is -2.36. The number of likely N-dealkylation sites (N-methyl/N-ethyl adjacent to an activating group) is 1.